The molecule has 0 bridgehead atoms. The molecule has 0 saturated carbocycles. The fourth-order valence-electron chi connectivity index (χ4n) is 2.54. The molecule has 3 aromatic rings. The Balaban J connectivity index is 1.63. The number of aromatic nitrogens is 6. The molecule has 1 unspecified atom stereocenters. The maximum atomic E-state index is 12.3. The molecule has 2 heterocycles. The molecule has 1 aromatic carbocycles. The van der Waals surface area contributed by atoms with E-state index >= 15 is 0 Å². The Morgan fingerprint density at radius 2 is 2.28 bits per heavy atom. The Hall–Kier alpha value is -3.01. The number of fused-ring (bicyclic) bond motifs is 1. The van der Waals surface area contributed by atoms with Gasteiger partial charge in [0.05, 0.1) is 11.7 Å². The number of methoxy groups -OCH3 is 1. The van der Waals surface area contributed by atoms with E-state index in [0.29, 0.717) is 29.2 Å². The molecular weight excluding hydrogens is 324 g/mol. The summed E-state index contributed by atoms with van der Waals surface area (Å²) in [6, 6.07) is 4.72. The molecule has 132 valence electrons. The standard InChI is InChI=1S/C15H20N8O2/c1-10(14-21-16-9-23(14)7-4-8-25-2)17-15(24)18-11-5-3-6-12-13(11)20-22-19-12/h3,5-6,9-10H,4,7-8H2,1-2H3,(H2,17,18,24)(H,19,20,22). The predicted octanol–water partition coefficient (Wildman–Crippen LogP) is 1.47. The quantitative estimate of drug-likeness (QED) is 0.558. The van der Waals surface area contributed by atoms with Gasteiger partial charge in [-0.15, -0.1) is 10.2 Å². The molecule has 1 atom stereocenters. The second kappa shape index (κ2) is 7.71. The van der Waals surface area contributed by atoms with E-state index < -0.39 is 0 Å². The summed E-state index contributed by atoms with van der Waals surface area (Å²) < 4.78 is 6.96. The molecule has 3 rings (SSSR count). The van der Waals surface area contributed by atoms with Crippen LogP contribution in [0.15, 0.2) is 24.5 Å². The molecule has 10 heteroatoms. The van der Waals surface area contributed by atoms with Crippen LogP contribution in [0.1, 0.15) is 25.2 Å². The number of H-pyrrole nitrogens is 1. The van der Waals surface area contributed by atoms with Gasteiger partial charge in [0, 0.05) is 20.3 Å². The molecule has 25 heavy (non-hydrogen) atoms. The van der Waals surface area contributed by atoms with Crippen molar-refractivity contribution >= 4 is 22.8 Å². The summed E-state index contributed by atoms with van der Waals surface area (Å²) in [5.41, 5.74) is 1.87. The number of amides is 2. The van der Waals surface area contributed by atoms with Crippen molar-refractivity contribution in [2.75, 3.05) is 19.0 Å². The highest BCUT2D eigenvalue weighted by Crippen LogP contribution is 2.19. The average molecular weight is 344 g/mol. The van der Waals surface area contributed by atoms with Gasteiger partial charge in [-0.3, -0.25) is 0 Å². The largest absolute Gasteiger partial charge is 0.385 e. The molecule has 0 spiro atoms. The van der Waals surface area contributed by atoms with Crippen molar-refractivity contribution in [2.24, 2.45) is 0 Å². The third-order valence-corrected chi connectivity index (χ3v) is 3.72. The molecule has 2 aromatic heterocycles. The first-order valence-electron chi connectivity index (χ1n) is 7.92. The Bertz CT molecular complexity index is 843. The maximum absolute atomic E-state index is 12.3. The Morgan fingerprint density at radius 1 is 1.40 bits per heavy atom. The van der Waals surface area contributed by atoms with Crippen LogP contribution < -0.4 is 10.6 Å². The minimum atomic E-state index is -0.352. The molecule has 0 aliphatic carbocycles. The van der Waals surface area contributed by atoms with Gasteiger partial charge in [0.15, 0.2) is 5.82 Å². The van der Waals surface area contributed by atoms with Gasteiger partial charge in [0.2, 0.25) is 0 Å². The number of para-hydroxylation sites is 1. The average Bonchev–Trinajstić information content (AvgIpc) is 3.24. The lowest BCUT2D eigenvalue weighted by Gasteiger charge is -2.15. The molecular formula is C15H20N8O2. The summed E-state index contributed by atoms with van der Waals surface area (Å²) in [4.78, 5) is 12.3. The number of nitrogens with zero attached hydrogens (tertiary/aromatic N) is 5. The second-order valence-electron chi connectivity index (χ2n) is 5.55. The van der Waals surface area contributed by atoms with Crippen LogP contribution in [0.25, 0.3) is 11.0 Å². The summed E-state index contributed by atoms with van der Waals surface area (Å²) in [6.07, 6.45) is 2.49. The Morgan fingerprint density at radius 3 is 3.12 bits per heavy atom. The van der Waals surface area contributed by atoms with Crippen LogP contribution in [-0.4, -0.2) is 49.9 Å². The van der Waals surface area contributed by atoms with E-state index in [2.05, 4.69) is 36.2 Å². The minimum absolute atomic E-state index is 0.304. The van der Waals surface area contributed by atoms with Gasteiger partial charge in [-0.05, 0) is 25.5 Å². The topological polar surface area (TPSA) is 123 Å². The molecule has 0 aliphatic rings. The first-order chi connectivity index (χ1) is 12.2. The van der Waals surface area contributed by atoms with Crippen molar-refractivity contribution in [1.29, 1.82) is 0 Å². The van der Waals surface area contributed by atoms with Crippen LogP contribution in [0.5, 0.6) is 0 Å². The number of carbonyl (C=O) groups is 1. The van der Waals surface area contributed by atoms with Crippen molar-refractivity contribution < 1.29 is 9.53 Å². The van der Waals surface area contributed by atoms with Gasteiger partial charge in [0.25, 0.3) is 0 Å². The zero-order valence-corrected chi connectivity index (χ0v) is 14.1. The van der Waals surface area contributed by atoms with E-state index in [0.717, 1.165) is 13.0 Å². The highest BCUT2D eigenvalue weighted by molar-refractivity contribution is 5.98. The fraction of sp³-hybridized carbons (Fsp3) is 0.400. The number of carbonyl (C=O) groups excluding carboxylic acids is 1. The van der Waals surface area contributed by atoms with E-state index in [-0.39, 0.29) is 12.1 Å². The van der Waals surface area contributed by atoms with Crippen LogP contribution in [0.3, 0.4) is 0 Å². The normalized spacial score (nSPS) is 12.2. The number of rotatable bonds is 7. The number of hydrogen-bond donors (Lipinski definition) is 3. The Labute approximate surface area is 144 Å². The third kappa shape index (κ3) is 3.91. The predicted molar refractivity (Wildman–Crippen MR) is 91.0 cm³/mol. The lowest BCUT2D eigenvalue weighted by atomic mass is 10.2. The molecule has 0 radical (unpaired) electrons. The van der Waals surface area contributed by atoms with Crippen molar-refractivity contribution in [3.05, 3.63) is 30.4 Å². The summed E-state index contributed by atoms with van der Waals surface area (Å²) >= 11 is 0. The molecule has 10 nitrogen and oxygen atoms in total. The zero-order chi connectivity index (χ0) is 17.6. The number of aromatic amines is 1. The number of urea groups is 1. The van der Waals surface area contributed by atoms with Crippen molar-refractivity contribution in [2.45, 2.75) is 25.9 Å². The molecule has 0 saturated heterocycles. The fourth-order valence-corrected chi connectivity index (χ4v) is 2.54. The molecule has 2 amide bonds. The summed E-state index contributed by atoms with van der Waals surface area (Å²) in [5, 5.41) is 24.2. The Kier molecular flexibility index (Phi) is 5.19. The highest BCUT2D eigenvalue weighted by atomic mass is 16.5. The number of nitrogens with one attached hydrogen (secondary N) is 3. The summed E-state index contributed by atoms with van der Waals surface area (Å²) in [5.74, 6) is 0.686. The van der Waals surface area contributed by atoms with Gasteiger partial charge >= 0.3 is 6.03 Å². The smallest absolute Gasteiger partial charge is 0.319 e. The number of hydrogen-bond acceptors (Lipinski definition) is 6. The van der Waals surface area contributed by atoms with Crippen LogP contribution in [0.4, 0.5) is 10.5 Å². The van der Waals surface area contributed by atoms with E-state index in [4.69, 9.17) is 4.74 Å². The minimum Gasteiger partial charge on any atom is -0.385 e. The van der Waals surface area contributed by atoms with Gasteiger partial charge in [-0.1, -0.05) is 6.07 Å². The van der Waals surface area contributed by atoms with E-state index in [1.165, 1.54) is 0 Å². The number of benzene rings is 1. The van der Waals surface area contributed by atoms with Crippen molar-refractivity contribution in [3.8, 4) is 0 Å². The second-order valence-corrected chi connectivity index (χ2v) is 5.55. The SMILES string of the molecule is COCCCn1cnnc1C(C)NC(=O)Nc1cccc2n[nH]nc12. The van der Waals surface area contributed by atoms with Crippen LogP contribution in [-0.2, 0) is 11.3 Å². The van der Waals surface area contributed by atoms with Gasteiger partial charge in [0.1, 0.15) is 17.4 Å². The lowest BCUT2D eigenvalue weighted by molar-refractivity contribution is 0.189. The summed E-state index contributed by atoms with van der Waals surface area (Å²) in [7, 11) is 1.66. The number of aryl methyl sites for hydroxylation is 1. The zero-order valence-electron chi connectivity index (χ0n) is 14.1. The van der Waals surface area contributed by atoms with E-state index in [1.54, 1.807) is 25.6 Å². The van der Waals surface area contributed by atoms with Crippen molar-refractivity contribution in [3.63, 3.8) is 0 Å². The molecule has 0 fully saturated rings. The number of ether oxygens (including phenoxy) is 1. The van der Waals surface area contributed by atoms with Gasteiger partial charge in [-0.2, -0.15) is 15.4 Å². The van der Waals surface area contributed by atoms with Gasteiger partial charge in [-0.25, -0.2) is 4.79 Å². The summed E-state index contributed by atoms with van der Waals surface area (Å²) in [6.45, 7) is 3.23. The first-order valence-corrected chi connectivity index (χ1v) is 7.92. The van der Waals surface area contributed by atoms with E-state index in [9.17, 15) is 4.79 Å². The third-order valence-electron chi connectivity index (χ3n) is 3.72. The highest BCUT2D eigenvalue weighted by Gasteiger charge is 2.16. The monoisotopic (exact) mass is 344 g/mol. The van der Waals surface area contributed by atoms with Crippen LogP contribution in [0.2, 0.25) is 0 Å². The van der Waals surface area contributed by atoms with Crippen LogP contribution >= 0.6 is 0 Å². The van der Waals surface area contributed by atoms with E-state index in [1.807, 2.05) is 17.6 Å². The van der Waals surface area contributed by atoms with Crippen LogP contribution in [0, 0.1) is 0 Å². The number of anilines is 1. The maximum Gasteiger partial charge on any atom is 0.319 e. The molecule has 3 N–H and O–H groups in total. The van der Waals surface area contributed by atoms with Crippen molar-refractivity contribution in [1.82, 2.24) is 35.5 Å². The first kappa shape index (κ1) is 16.8. The van der Waals surface area contributed by atoms with Gasteiger partial charge < -0.3 is 19.9 Å². The lowest BCUT2D eigenvalue weighted by Crippen LogP contribution is -2.32. The molecule has 0 aliphatic heterocycles.